The zero-order valence-electron chi connectivity index (χ0n) is 7.54. The predicted octanol–water partition coefficient (Wildman–Crippen LogP) is 2.04. The third kappa shape index (κ3) is 2.79. The fourth-order valence-electron chi connectivity index (χ4n) is 1.09. The highest BCUT2D eigenvalue weighted by Crippen LogP contribution is 2.27. The van der Waals surface area contributed by atoms with E-state index in [9.17, 15) is 4.79 Å². The van der Waals surface area contributed by atoms with Crippen LogP contribution in [0.3, 0.4) is 0 Å². The summed E-state index contributed by atoms with van der Waals surface area (Å²) >= 11 is 5.89. The third-order valence-corrected chi connectivity index (χ3v) is 4.50. The van der Waals surface area contributed by atoms with Gasteiger partial charge in [-0.1, -0.05) is 28.9 Å². The van der Waals surface area contributed by atoms with Gasteiger partial charge in [0.05, 0.1) is 12.6 Å². The van der Waals surface area contributed by atoms with Crippen molar-refractivity contribution in [2.45, 2.75) is 12.8 Å². The number of nitriles is 1. The van der Waals surface area contributed by atoms with E-state index >= 15 is 0 Å². The summed E-state index contributed by atoms with van der Waals surface area (Å²) in [7, 11) is 2.46. The molecule has 0 bridgehead atoms. The summed E-state index contributed by atoms with van der Waals surface area (Å²) in [6, 6.07) is 1.98. The summed E-state index contributed by atoms with van der Waals surface area (Å²) in [4.78, 5) is 11.4. The monoisotopic (exact) mass is 248 g/mol. The first-order valence-corrected chi connectivity index (χ1v) is 6.55. The highest BCUT2D eigenvalue weighted by atomic mass is 35.5. The quantitative estimate of drug-likeness (QED) is 0.504. The molecule has 1 aromatic rings. The zero-order valence-corrected chi connectivity index (χ0v) is 9.93. The lowest BCUT2D eigenvalue weighted by Crippen LogP contribution is -2.22. The molecule has 1 atom stereocenters. The Bertz CT molecular complexity index is 393. The summed E-state index contributed by atoms with van der Waals surface area (Å²) in [6.07, 6.45) is 0. The van der Waals surface area contributed by atoms with Gasteiger partial charge < -0.3 is 5.32 Å². The molecule has 0 radical (unpaired) electrons. The number of hydrogen-bond donors (Lipinski definition) is 1. The number of nitrogens with zero attached hydrogens (tertiary/aromatic N) is 1. The van der Waals surface area contributed by atoms with E-state index in [0.29, 0.717) is 23.0 Å². The maximum absolute atomic E-state index is 11.4. The molecule has 0 aromatic carbocycles. The Morgan fingerprint density at radius 1 is 1.64 bits per heavy atom. The van der Waals surface area contributed by atoms with Crippen molar-refractivity contribution < 1.29 is 0 Å². The largest absolute Gasteiger partial charge is 0.304 e. The second-order valence-electron chi connectivity index (χ2n) is 2.83. The molecule has 1 rings (SSSR count). The molecule has 0 saturated carbocycles. The van der Waals surface area contributed by atoms with Crippen molar-refractivity contribution in [2.24, 2.45) is 0 Å². The molecule has 0 aliphatic rings. The minimum Gasteiger partial charge on any atom is -0.304 e. The van der Waals surface area contributed by atoms with Crippen molar-refractivity contribution in [1.29, 1.82) is 5.26 Å². The molecule has 3 nitrogen and oxygen atoms in total. The first kappa shape index (κ1) is 11.7. The first-order chi connectivity index (χ1) is 6.66. The summed E-state index contributed by atoms with van der Waals surface area (Å²) in [5, 5.41) is 11.3. The first-order valence-electron chi connectivity index (χ1n) is 4.03. The Kier molecular flexibility index (Phi) is 4.55. The van der Waals surface area contributed by atoms with Crippen molar-refractivity contribution in [3.05, 3.63) is 19.4 Å². The number of hydrogen-bond acceptors (Lipinski definition) is 5. The maximum atomic E-state index is 11.4. The molecule has 1 unspecified atom stereocenters. The summed E-state index contributed by atoms with van der Waals surface area (Å²) in [5.41, 5.74) is 0.673. The lowest BCUT2D eigenvalue weighted by molar-refractivity contribution is 0.654. The standard InChI is InChI=1S/C8H9ClN2OS2/c1-5(4-11-3-2-10)6-7(9)13-14-8(6)12/h5,11H,3-4H2,1H3. The Balaban J connectivity index is 2.65. The van der Waals surface area contributed by atoms with E-state index in [4.69, 9.17) is 16.9 Å². The second-order valence-corrected chi connectivity index (χ2v) is 5.55. The molecule has 6 heteroatoms. The lowest BCUT2D eigenvalue weighted by Gasteiger charge is -2.08. The van der Waals surface area contributed by atoms with E-state index in [1.54, 1.807) is 0 Å². The van der Waals surface area contributed by atoms with Crippen molar-refractivity contribution in [3.8, 4) is 6.07 Å². The SMILES string of the molecule is CC(CNCC#N)c1c(Cl)ssc1=O. The summed E-state index contributed by atoms with van der Waals surface area (Å²) in [6.45, 7) is 2.82. The van der Waals surface area contributed by atoms with Crippen LogP contribution < -0.4 is 10.1 Å². The smallest absolute Gasteiger partial charge is 0.247 e. The molecule has 14 heavy (non-hydrogen) atoms. The normalized spacial score (nSPS) is 12.4. The van der Waals surface area contributed by atoms with Crippen LogP contribution in [0.4, 0.5) is 0 Å². The number of nitrogens with one attached hydrogen (secondary N) is 1. The van der Waals surface area contributed by atoms with Gasteiger partial charge in [-0.15, -0.1) is 0 Å². The van der Waals surface area contributed by atoms with Gasteiger partial charge in [-0.25, -0.2) is 0 Å². The van der Waals surface area contributed by atoms with Crippen LogP contribution in [0.5, 0.6) is 0 Å². The molecular formula is C8H9ClN2OS2. The van der Waals surface area contributed by atoms with Crippen LogP contribution in [0, 0.1) is 11.3 Å². The molecule has 0 saturated heterocycles. The van der Waals surface area contributed by atoms with Crippen LogP contribution in [0.25, 0.3) is 0 Å². The fourth-order valence-corrected chi connectivity index (χ4v) is 3.67. The summed E-state index contributed by atoms with van der Waals surface area (Å²) < 4.78 is 0.609. The van der Waals surface area contributed by atoms with Gasteiger partial charge in [0, 0.05) is 18.0 Å². The molecule has 1 N–H and O–H groups in total. The predicted molar refractivity (Wildman–Crippen MR) is 60.4 cm³/mol. The average molecular weight is 249 g/mol. The molecule has 0 aliphatic carbocycles. The Labute approximate surface area is 94.3 Å². The van der Waals surface area contributed by atoms with Crippen LogP contribution >= 0.6 is 32.3 Å². The van der Waals surface area contributed by atoms with E-state index < -0.39 is 0 Å². The van der Waals surface area contributed by atoms with Gasteiger partial charge in [0.2, 0.25) is 4.74 Å². The Morgan fingerprint density at radius 3 is 2.86 bits per heavy atom. The van der Waals surface area contributed by atoms with Crippen LogP contribution in [0.1, 0.15) is 18.4 Å². The third-order valence-electron chi connectivity index (χ3n) is 1.77. The van der Waals surface area contributed by atoms with E-state index in [0.717, 1.165) is 10.3 Å². The molecule has 76 valence electrons. The van der Waals surface area contributed by atoms with Crippen molar-refractivity contribution in [3.63, 3.8) is 0 Å². The molecule has 0 fully saturated rings. The molecule has 0 aliphatic heterocycles. The van der Waals surface area contributed by atoms with Gasteiger partial charge >= 0.3 is 0 Å². The maximum Gasteiger partial charge on any atom is 0.247 e. The van der Waals surface area contributed by atoms with Gasteiger partial charge in [-0.3, -0.25) is 4.79 Å². The van der Waals surface area contributed by atoms with Crippen LogP contribution in [0.2, 0.25) is 4.34 Å². The van der Waals surface area contributed by atoms with Gasteiger partial charge in [-0.2, -0.15) is 5.26 Å². The van der Waals surface area contributed by atoms with Gasteiger partial charge in [-0.05, 0) is 10.3 Å². The van der Waals surface area contributed by atoms with E-state index in [2.05, 4.69) is 5.32 Å². The van der Waals surface area contributed by atoms with Gasteiger partial charge in [0.1, 0.15) is 4.34 Å². The van der Waals surface area contributed by atoms with E-state index in [1.807, 2.05) is 13.0 Å². The molecule has 1 heterocycles. The van der Waals surface area contributed by atoms with Crippen LogP contribution in [0.15, 0.2) is 4.79 Å². The molecule has 0 spiro atoms. The molecule has 1 aromatic heterocycles. The van der Waals surface area contributed by atoms with Crippen LogP contribution in [-0.2, 0) is 0 Å². The van der Waals surface area contributed by atoms with Gasteiger partial charge in [0.15, 0.2) is 0 Å². The van der Waals surface area contributed by atoms with Gasteiger partial charge in [0.25, 0.3) is 0 Å². The fraction of sp³-hybridized carbons (Fsp3) is 0.500. The van der Waals surface area contributed by atoms with Crippen molar-refractivity contribution >= 4 is 32.3 Å². The average Bonchev–Trinajstić information content (AvgIpc) is 2.46. The second kappa shape index (κ2) is 5.47. The minimum absolute atomic E-state index is 0.0336. The number of halogens is 1. The van der Waals surface area contributed by atoms with E-state index in [-0.39, 0.29) is 10.7 Å². The van der Waals surface area contributed by atoms with E-state index in [1.165, 1.54) is 10.3 Å². The minimum atomic E-state index is 0.0336. The Morgan fingerprint density at radius 2 is 2.36 bits per heavy atom. The highest BCUT2D eigenvalue weighted by Gasteiger charge is 2.15. The lowest BCUT2D eigenvalue weighted by atomic mass is 10.1. The Hall–Kier alpha value is -0.410. The topological polar surface area (TPSA) is 52.9 Å². The van der Waals surface area contributed by atoms with Crippen LogP contribution in [-0.4, -0.2) is 13.1 Å². The highest BCUT2D eigenvalue weighted by molar-refractivity contribution is 7.69. The molecular weight excluding hydrogens is 240 g/mol. The van der Waals surface area contributed by atoms with Crippen molar-refractivity contribution in [2.75, 3.05) is 13.1 Å². The zero-order chi connectivity index (χ0) is 10.6. The number of rotatable bonds is 4. The summed E-state index contributed by atoms with van der Waals surface area (Å²) in [5.74, 6) is 0.0610. The van der Waals surface area contributed by atoms with Crippen molar-refractivity contribution in [1.82, 2.24) is 5.32 Å². The molecule has 0 amide bonds.